The minimum Gasteiger partial charge on any atom is -0.454 e. The molecule has 0 atom stereocenters. The maximum Gasteiger partial charge on any atom is 0.338 e. The van der Waals surface area contributed by atoms with Crippen LogP contribution in [0.2, 0.25) is 0 Å². The molecule has 2 heterocycles. The first-order valence-corrected chi connectivity index (χ1v) is 12.3. The Kier molecular flexibility index (Phi) is 6.44. The van der Waals surface area contributed by atoms with Crippen molar-refractivity contribution in [3.8, 4) is 17.2 Å². The Balaban J connectivity index is 1.53. The molecule has 0 amide bonds. The zero-order valence-corrected chi connectivity index (χ0v) is 20.9. The van der Waals surface area contributed by atoms with Crippen LogP contribution in [0, 0.1) is 20.8 Å². The number of hydrogen-bond acceptors (Lipinski definition) is 7. The quantitative estimate of drug-likeness (QED) is 0.363. The van der Waals surface area contributed by atoms with Gasteiger partial charge in [-0.25, -0.2) is 17.5 Å². The highest BCUT2D eigenvalue weighted by molar-refractivity contribution is 7.89. The fourth-order valence-corrected chi connectivity index (χ4v) is 4.87. The van der Waals surface area contributed by atoms with Gasteiger partial charge in [0.25, 0.3) is 0 Å². The number of ketones is 1. The van der Waals surface area contributed by atoms with Crippen molar-refractivity contribution in [2.75, 3.05) is 27.5 Å². The third-order valence-corrected chi connectivity index (χ3v) is 7.70. The van der Waals surface area contributed by atoms with Crippen LogP contribution < -0.4 is 9.47 Å². The maximum atomic E-state index is 12.9. The van der Waals surface area contributed by atoms with Crippen LogP contribution in [0.25, 0.3) is 5.69 Å². The molecule has 4 rings (SSSR count). The van der Waals surface area contributed by atoms with Gasteiger partial charge in [-0.3, -0.25) is 4.79 Å². The van der Waals surface area contributed by atoms with Gasteiger partial charge in [-0.05, 0) is 56.7 Å². The van der Waals surface area contributed by atoms with Crippen LogP contribution in [0.5, 0.6) is 11.5 Å². The monoisotopic (exact) mass is 498 g/mol. The zero-order chi connectivity index (χ0) is 25.5. The third-order valence-electron chi connectivity index (χ3n) is 5.89. The van der Waals surface area contributed by atoms with Crippen LogP contribution in [0.1, 0.15) is 37.7 Å². The van der Waals surface area contributed by atoms with Crippen molar-refractivity contribution in [2.45, 2.75) is 25.7 Å². The molecule has 184 valence electrons. The van der Waals surface area contributed by atoms with Crippen LogP contribution >= 0.6 is 0 Å². The minimum absolute atomic E-state index is 0.0290. The molecule has 0 aliphatic carbocycles. The second-order valence-electron chi connectivity index (χ2n) is 8.42. The van der Waals surface area contributed by atoms with Gasteiger partial charge in [0.15, 0.2) is 18.1 Å². The van der Waals surface area contributed by atoms with E-state index in [4.69, 9.17) is 14.2 Å². The number of hydrogen-bond donors (Lipinski definition) is 0. The van der Waals surface area contributed by atoms with Crippen LogP contribution in [-0.2, 0) is 14.8 Å². The Morgan fingerprint density at radius 1 is 0.971 bits per heavy atom. The van der Waals surface area contributed by atoms with Gasteiger partial charge in [-0.15, -0.1) is 0 Å². The molecular formula is C25H26N2O7S. The summed E-state index contributed by atoms with van der Waals surface area (Å²) in [6, 6.07) is 11.5. The number of aromatic nitrogens is 1. The molecule has 3 aromatic rings. The average molecular weight is 499 g/mol. The Morgan fingerprint density at radius 2 is 1.69 bits per heavy atom. The van der Waals surface area contributed by atoms with Crippen molar-refractivity contribution in [3.05, 3.63) is 70.5 Å². The van der Waals surface area contributed by atoms with E-state index >= 15 is 0 Å². The van der Waals surface area contributed by atoms with Gasteiger partial charge < -0.3 is 18.8 Å². The second-order valence-corrected chi connectivity index (χ2v) is 10.6. The molecule has 0 N–H and O–H groups in total. The number of fused-ring (bicyclic) bond motifs is 1. The lowest BCUT2D eigenvalue weighted by Gasteiger charge is -2.13. The number of Topliss-reactive ketones (excluding diaryl/α,β-unsaturated/α-hetero) is 1. The molecule has 0 saturated heterocycles. The number of ether oxygens (including phenoxy) is 3. The average Bonchev–Trinajstić information content (AvgIpc) is 3.40. The van der Waals surface area contributed by atoms with Gasteiger partial charge in [0, 0.05) is 42.8 Å². The van der Waals surface area contributed by atoms with Crippen LogP contribution in [0.3, 0.4) is 0 Å². The van der Waals surface area contributed by atoms with E-state index < -0.39 is 22.6 Å². The number of benzene rings is 2. The van der Waals surface area contributed by atoms with Crippen LogP contribution in [-0.4, -0.2) is 56.5 Å². The van der Waals surface area contributed by atoms with E-state index in [0.717, 1.165) is 15.7 Å². The van der Waals surface area contributed by atoms with Gasteiger partial charge >= 0.3 is 5.97 Å². The number of rotatable bonds is 7. The number of carbonyl (C=O) groups excluding carboxylic acids is 2. The number of esters is 1. The van der Waals surface area contributed by atoms with Gasteiger partial charge in [-0.2, -0.15) is 0 Å². The molecule has 0 unspecified atom stereocenters. The number of nitrogens with zero attached hydrogens (tertiary/aromatic N) is 2. The van der Waals surface area contributed by atoms with Gasteiger partial charge in [0.1, 0.15) is 0 Å². The molecule has 0 radical (unpaired) electrons. The van der Waals surface area contributed by atoms with E-state index in [9.17, 15) is 18.0 Å². The second kappa shape index (κ2) is 9.20. The van der Waals surface area contributed by atoms with E-state index in [1.807, 2.05) is 36.6 Å². The predicted octanol–water partition coefficient (Wildman–Crippen LogP) is 3.42. The summed E-state index contributed by atoms with van der Waals surface area (Å²) in [7, 11) is -0.906. The molecule has 1 aromatic heterocycles. The molecule has 0 bridgehead atoms. The summed E-state index contributed by atoms with van der Waals surface area (Å²) in [6.07, 6.45) is 0. The van der Waals surface area contributed by atoms with Crippen molar-refractivity contribution in [3.63, 3.8) is 0 Å². The first-order valence-electron chi connectivity index (χ1n) is 10.8. The molecule has 1 aliphatic heterocycles. The minimum atomic E-state index is -3.72. The smallest absolute Gasteiger partial charge is 0.338 e. The van der Waals surface area contributed by atoms with E-state index in [1.54, 1.807) is 13.0 Å². The van der Waals surface area contributed by atoms with Gasteiger partial charge in [0.2, 0.25) is 22.6 Å². The van der Waals surface area contributed by atoms with E-state index in [1.165, 1.54) is 32.3 Å². The molecule has 0 fully saturated rings. The van der Waals surface area contributed by atoms with Gasteiger partial charge in [0.05, 0.1) is 10.5 Å². The summed E-state index contributed by atoms with van der Waals surface area (Å²) in [5.74, 6) is 0.159. The molecule has 2 aromatic carbocycles. The van der Waals surface area contributed by atoms with Crippen molar-refractivity contribution in [2.24, 2.45) is 0 Å². The van der Waals surface area contributed by atoms with E-state index in [2.05, 4.69) is 0 Å². The highest BCUT2D eigenvalue weighted by Crippen LogP contribution is 2.35. The summed E-state index contributed by atoms with van der Waals surface area (Å²) < 4.78 is 43.9. The fourth-order valence-electron chi connectivity index (χ4n) is 3.95. The molecular weight excluding hydrogens is 472 g/mol. The highest BCUT2D eigenvalue weighted by Gasteiger charge is 2.23. The Hall–Kier alpha value is -3.63. The zero-order valence-electron chi connectivity index (χ0n) is 20.1. The fraction of sp³-hybridized carbons (Fsp3) is 0.280. The SMILES string of the molecule is Cc1ccc(S(=O)(=O)N(C)C)cc1C(=O)OCC(=O)c1cc(C)n(-c2ccc3c(c2)OCO3)c1C. The molecule has 0 saturated carbocycles. The first-order chi connectivity index (χ1) is 16.5. The first kappa shape index (κ1) is 24.5. The lowest BCUT2D eigenvalue weighted by atomic mass is 10.1. The largest absolute Gasteiger partial charge is 0.454 e. The summed E-state index contributed by atoms with van der Waals surface area (Å²) in [5, 5.41) is 0. The number of carbonyl (C=O) groups is 2. The summed E-state index contributed by atoms with van der Waals surface area (Å²) in [4.78, 5) is 25.6. The van der Waals surface area contributed by atoms with Crippen LogP contribution in [0.15, 0.2) is 47.4 Å². The third kappa shape index (κ3) is 4.54. The Labute approximate surface area is 203 Å². The van der Waals surface area contributed by atoms with Gasteiger partial charge in [-0.1, -0.05) is 6.07 Å². The summed E-state index contributed by atoms with van der Waals surface area (Å²) in [5.41, 5.74) is 3.39. The Bertz CT molecular complexity index is 1440. The Morgan fingerprint density at radius 3 is 2.40 bits per heavy atom. The van der Waals surface area contributed by atoms with Crippen molar-refractivity contribution < 1.29 is 32.2 Å². The summed E-state index contributed by atoms with van der Waals surface area (Å²) in [6.45, 7) is 5.05. The summed E-state index contributed by atoms with van der Waals surface area (Å²) >= 11 is 0. The molecule has 0 spiro atoms. The van der Waals surface area contributed by atoms with Crippen molar-refractivity contribution in [1.29, 1.82) is 0 Å². The maximum absolute atomic E-state index is 12.9. The topological polar surface area (TPSA) is 104 Å². The standard InChI is InChI=1S/C25H26N2O7S/c1-15-6-8-19(35(30,31)26(4)5)12-20(15)25(29)32-13-22(28)21-10-16(2)27(17(21)3)18-7-9-23-24(11-18)34-14-33-23/h6-12H,13-14H2,1-5H3. The number of aryl methyl sites for hydroxylation is 2. The van der Waals surface area contributed by atoms with E-state index in [-0.39, 0.29) is 23.0 Å². The normalized spacial score (nSPS) is 12.7. The molecule has 35 heavy (non-hydrogen) atoms. The predicted molar refractivity (Wildman–Crippen MR) is 128 cm³/mol. The molecule has 10 heteroatoms. The molecule has 1 aliphatic rings. The lowest BCUT2D eigenvalue weighted by molar-refractivity contribution is 0.0473. The van der Waals surface area contributed by atoms with E-state index in [0.29, 0.717) is 28.3 Å². The van der Waals surface area contributed by atoms with Crippen molar-refractivity contribution in [1.82, 2.24) is 8.87 Å². The van der Waals surface area contributed by atoms with Crippen LogP contribution in [0.4, 0.5) is 0 Å². The van der Waals surface area contributed by atoms with Crippen molar-refractivity contribution >= 4 is 21.8 Å². The molecule has 9 nitrogen and oxygen atoms in total. The number of sulfonamides is 1. The highest BCUT2D eigenvalue weighted by atomic mass is 32.2. The lowest BCUT2D eigenvalue weighted by Crippen LogP contribution is -2.23.